The molecular weight excluding hydrogens is 394 g/mol. The molecule has 0 bridgehead atoms. The van der Waals surface area contributed by atoms with Gasteiger partial charge in [-0.15, -0.1) is 0 Å². The van der Waals surface area contributed by atoms with E-state index < -0.39 is 5.91 Å². The van der Waals surface area contributed by atoms with Crippen LogP contribution in [0.1, 0.15) is 16.1 Å². The molecule has 1 aromatic heterocycles. The van der Waals surface area contributed by atoms with Crippen LogP contribution >= 0.6 is 11.6 Å². The molecule has 0 saturated heterocycles. The Hall–Kier alpha value is -3.16. The summed E-state index contributed by atoms with van der Waals surface area (Å²) in [4.78, 5) is 24.2. The summed E-state index contributed by atoms with van der Waals surface area (Å²) in [5.74, 6) is 0.232. The summed E-state index contributed by atoms with van der Waals surface area (Å²) in [6.45, 7) is 0.944. The summed E-state index contributed by atoms with van der Waals surface area (Å²) in [6.07, 6.45) is 0. The summed E-state index contributed by atoms with van der Waals surface area (Å²) < 4.78 is 11.9. The highest BCUT2D eigenvalue weighted by atomic mass is 35.5. The van der Waals surface area contributed by atoms with E-state index in [-0.39, 0.29) is 17.8 Å². The quantitative estimate of drug-likeness (QED) is 0.612. The van der Waals surface area contributed by atoms with Gasteiger partial charge in [0.05, 0.1) is 13.2 Å². The number of halogens is 1. The Morgan fingerprint density at radius 3 is 2.59 bits per heavy atom. The molecule has 1 heterocycles. The molecule has 0 saturated carbocycles. The Labute approximate surface area is 172 Å². The lowest BCUT2D eigenvalue weighted by Crippen LogP contribution is -2.27. The number of hydrogen-bond acceptors (Lipinski definition) is 5. The first-order valence-electron chi connectivity index (χ1n) is 8.91. The molecule has 3 rings (SSSR count). The van der Waals surface area contributed by atoms with Gasteiger partial charge < -0.3 is 14.8 Å². The predicted molar refractivity (Wildman–Crippen MR) is 111 cm³/mol. The van der Waals surface area contributed by atoms with E-state index in [1.54, 1.807) is 24.3 Å². The Balaban J connectivity index is 1.61. The van der Waals surface area contributed by atoms with Gasteiger partial charge in [0, 0.05) is 29.4 Å². The predicted octanol–water partition coefficient (Wildman–Crippen LogP) is 3.37. The highest BCUT2D eigenvalue weighted by molar-refractivity contribution is 6.31. The van der Waals surface area contributed by atoms with Gasteiger partial charge in [0.15, 0.2) is 0 Å². The lowest BCUT2D eigenvalue weighted by atomic mass is 10.2. The maximum absolute atomic E-state index is 12.4. The molecule has 150 valence electrons. The van der Waals surface area contributed by atoms with Gasteiger partial charge in [-0.25, -0.2) is 4.68 Å². The Kier molecular flexibility index (Phi) is 6.99. The van der Waals surface area contributed by atoms with Crippen LogP contribution in [0.4, 0.5) is 5.69 Å². The van der Waals surface area contributed by atoms with Crippen LogP contribution < -0.4 is 15.6 Å². The number of methoxy groups -OCH3 is 1. The van der Waals surface area contributed by atoms with Gasteiger partial charge in [0.1, 0.15) is 18.1 Å². The van der Waals surface area contributed by atoms with Crippen molar-refractivity contribution in [1.82, 2.24) is 9.78 Å². The Bertz CT molecular complexity index is 1030. The molecule has 0 radical (unpaired) electrons. The highest BCUT2D eigenvalue weighted by Crippen LogP contribution is 2.20. The number of rotatable bonds is 8. The smallest absolute Gasteiger partial charge is 0.276 e. The summed E-state index contributed by atoms with van der Waals surface area (Å²) in [6, 6.07) is 17.1. The SMILES string of the molecule is COCCn1nc(C(=O)Nc2ccc(OCc3ccccc3Cl)cc2)ccc1=O. The number of anilines is 1. The van der Waals surface area contributed by atoms with E-state index in [9.17, 15) is 9.59 Å². The Morgan fingerprint density at radius 2 is 1.86 bits per heavy atom. The molecule has 0 unspecified atom stereocenters. The van der Waals surface area contributed by atoms with E-state index >= 15 is 0 Å². The third-order valence-electron chi connectivity index (χ3n) is 4.07. The van der Waals surface area contributed by atoms with Gasteiger partial charge in [0.25, 0.3) is 11.5 Å². The summed E-state index contributed by atoms with van der Waals surface area (Å²) in [5, 5.41) is 7.46. The first kappa shape index (κ1) is 20.6. The molecule has 0 aliphatic carbocycles. The van der Waals surface area contributed by atoms with Crippen LogP contribution in [0.2, 0.25) is 5.02 Å². The minimum Gasteiger partial charge on any atom is -0.489 e. The fourth-order valence-electron chi connectivity index (χ4n) is 2.51. The number of carbonyl (C=O) groups excluding carboxylic acids is 1. The van der Waals surface area contributed by atoms with Gasteiger partial charge in [-0.05, 0) is 36.4 Å². The van der Waals surface area contributed by atoms with Crippen molar-refractivity contribution in [3.8, 4) is 5.75 Å². The van der Waals surface area contributed by atoms with Crippen molar-refractivity contribution in [2.24, 2.45) is 0 Å². The lowest BCUT2D eigenvalue weighted by Gasteiger charge is -2.10. The second-order valence-corrected chi connectivity index (χ2v) is 6.54. The summed E-state index contributed by atoms with van der Waals surface area (Å²) >= 11 is 6.12. The number of carbonyl (C=O) groups is 1. The number of nitrogens with one attached hydrogen (secondary N) is 1. The van der Waals surface area contributed by atoms with Crippen LogP contribution in [-0.2, 0) is 17.9 Å². The number of benzene rings is 2. The van der Waals surface area contributed by atoms with Gasteiger partial charge >= 0.3 is 0 Å². The van der Waals surface area contributed by atoms with Crippen molar-refractivity contribution in [3.63, 3.8) is 0 Å². The van der Waals surface area contributed by atoms with Crippen LogP contribution in [0, 0.1) is 0 Å². The molecule has 8 heteroatoms. The highest BCUT2D eigenvalue weighted by Gasteiger charge is 2.10. The average molecular weight is 414 g/mol. The van der Waals surface area contributed by atoms with E-state index in [0.717, 1.165) is 5.56 Å². The van der Waals surface area contributed by atoms with Crippen LogP contribution in [0.15, 0.2) is 65.5 Å². The minimum atomic E-state index is -0.416. The maximum Gasteiger partial charge on any atom is 0.276 e. The van der Waals surface area contributed by atoms with Crippen LogP contribution in [-0.4, -0.2) is 29.4 Å². The van der Waals surface area contributed by atoms with Gasteiger partial charge in [-0.2, -0.15) is 5.10 Å². The third kappa shape index (κ3) is 5.66. The average Bonchev–Trinajstić information content (AvgIpc) is 2.73. The fraction of sp³-hybridized carbons (Fsp3) is 0.190. The van der Waals surface area contributed by atoms with Gasteiger partial charge in [-0.1, -0.05) is 29.8 Å². The first-order chi connectivity index (χ1) is 14.1. The number of hydrogen-bond donors (Lipinski definition) is 1. The van der Waals surface area contributed by atoms with Crippen molar-refractivity contribution in [2.45, 2.75) is 13.2 Å². The molecule has 7 nitrogen and oxygen atoms in total. The largest absolute Gasteiger partial charge is 0.489 e. The molecular formula is C21H20ClN3O4. The molecule has 0 atom stereocenters. The van der Waals surface area contributed by atoms with Crippen LogP contribution in [0.25, 0.3) is 0 Å². The molecule has 2 aromatic carbocycles. The molecule has 0 aliphatic rings. The monoisotopic (exact) mass is 413 g/mol. The van der Waals surface area contributed by atoms with Crippen molar-refractivity contribution >= 4 is 23.2 Å². The topological polar surface area (TPSA) is 82.5 Å². The molecule has 0 fully saturated rings. The number of aromatic nitrogens is 2. The zero-order valence-electron chi connectivity index (χ0n) is 15.8. The number of amides is 1. The van der Waals surface area contributed by atoms with Crippen molar-refractivity contribution in [2.75, 3.05) is 19.0 Å². The van der Waals surface area contributed by atoms with Crippen molar-refractivity contribution in [1.29, 1.82) is 0 Å². The van der Waals surface area contributed by atoms with E-state index in [4.69, 9.17) is 21.1 Å². The zero-order valence-corrected chi connectivity index (χ0v) is 16.6. The molecule has 1 N–H and O–H groups in total. The first-order valence-corrected chi connectivity index (χ1v) is 9.29. The summed E-state index contributed by atoms with van der Waals surface area (Å²) in [5.41, 5.74) is 1.32. The Morgan fingerprint density at radius 1 is 1.10 bits per heavy atom. The third-order valence-corrected chi connectivity index (χ3v) is 4.44. The normalized spacial score (nSPS) is 10.6. The minimum absolute atomic E-state index is 0.139. The molecule has 0 aliphatic heterocycles. The standard InChI is InChI=1S/C21H20ClN3O4/c1-28-13-12-25-20(26)11-10-19(24-25)21(27)23-16-6-8-17(9-7-16)29-14-15-4-2-3-5-18(15)22/h2-11H,12-14H2,1H3,(H,23,27). The van der Waals surface area contributed by atoms with E-state index in [1.807, 2.05) is 24.3 Å². The lowest BCUT2D eigenvalue weighted by molar-refractivity contribution is 0.101. The second kappa shape index (κ2) is 9.86. The van der Waals surface area contributed by atoms with Gasteiger partial charge in [-0.3, -0.25) is 9.59 Å². The molecule has 1 amide bonds. The zero-order chi connectivity index (χ0) is 20.6. The second-order valence-electron chi connectivity index (χ2n) is 6.13. The molecule has 0 spiro atoms. The molecule has 3 aromatic rings. The van der Waals surface area contributed by atoms with E-state index in [0.29, 0.717) is 29.7 Å². The van der Waals surface area contributed by atoms with Gasteiger partial charge in [0.2, 0.25) is 0 Å². The summed E-state index contributed by atoms with van der Waals surface area (Å²) in [7, 11) is 1.53. The van der Waals surface area contributed by atoms with Crippen molar-refractivity contribution < 1.29 is 14.3 Å². The maximum atomic E-state index is 12.4. The number of ether oxygens (including phenoxy) is 2. The fourth-order valence-corrected chi connectivity index (χ4v) is 2.70. The van der Waals surface area contributed by atoms with E-state index in [2.05, 4.69) is 10.4 Å². The van der Waals surface area contributed by atoms with E-state index in [1.165, 1.54) is 23.9 Å². The molecule has 29 heavy (non-hydrogen) atoms. The van der Waals surface area contributed by atoms with Crippen LogP contribution in [0.3, 0.4) is 0 Å². The van der Waals surface area contributed by atoms with Crippen LogP contribution in [0.5, 0.6) is 5.75 Å². The number of nitrogens with zero attached hydrogens (tertiary/aromatic N) is 2. The van der Waals surface area contributed by atoms with Crippen molar-refractivity contribution in [3.05, 3.63) is 87.3 Å².